The van der Waals surface area contributed by atoms with E-state index in [1.807, 2.05) is 35.2 Å². The van der Waals surface area contributed by atoms with E-state index in [1.165, 1.54) is 0 Å². The van der Waals surface area contributed by atoms with Crippen molar-refractivity contribution in [2.24, 2.45) is 0 Å². The number of amides is 1. The molecule has 0 radical (unpaired) electrons. The third-order valence-corrected chi connectivity index (χ3v) is 5.56. The Morgan fingerprint density at radius 2 is 2.07 bits per heavy atom. The highest BCUT2D eigenvalue weighted by Gasteiger charge is 2.23. The Balaban J connectivity index is 1.51. The Labute approximate surface area is 163 Å². The van der Waals surface area contributed by atoms with Crippen LogP contribution < -0.4 is 5.32 Å². The number of carbonyl (C=O) groups excluding carboxylic acids is 1. The van der Waals surface area contributed by atoms with Crippen molar-refractivity contribution in [1.82, 2.24) is 20.1 Å². The van der Waals surface area contributed by atoms with Gasteiger partial charge in [0.05, 0.1) is 10.9 Å². The molecule has 2 aliphatic heterocycles. The Morgan fingerprint density at radius 3 is 2.86 bits per heavy atom. The van der Waals surface area contributed by atoms with Gasteiger partial charge in [-0.2, -0.15) is 5.10 Å². The van der Waals surface area contributed by atoms with E-state index in [4.69, 9.17) is 4.74 Å². The molecule has 0 saturated carbocycles. The number of aromatic nitrogens is 3. The van der Waals surface area contributed by atoms with Gasteiger partial charge in [0.25, 0.3) is 5.91 Å². The molecule has 2 aromatic heterocycles. The molecule has 0 spiro atoms. The summed E-state index contributed by atoms with van der Waals surface area (Å²) in [7, 11) is 0. The third kappa shape index (κ3) is 3.11. The lowest BCUT2D eigenvalue weighted by molar-refractivity contribution is 0.0652. The quantitative estimate of drug-likeness (QED) is 0.730. The van der Waals surface area contributed by atoms with E-state index in [-0.39, 0.29) is 5.91 Å². The third-order valence-electron chi connectivity index (χ3n) is 5.56. The summed E-state index contributed by atoms with van der Waals surface area (Å²) in [5, 5.41) is 12.2. The highest BCUT2D eigenvalue weighted by atomic mass is 16.5. The molecule has 4 heterocycles. The maximum absolute atomic E-state index is 12.6. The SMILES string of the molecule is O=C(c1cccc(-c2n[nH]c3ccnc(NC4CCOCC4)c23)c1)N1CCC1. The zero-order chi connectivity index (χ0) is 18.9. The standard InChI is InChI=1S/C21H23N5O2/c27-21(26-9-2-10-26)15-4-1-3-14(13-15)19-18-17(24-25-19)5-8-22-20(18)23-16-6-11-28-12-7-16/h1,3-5,8,13,16H,2,6-7,9-12H2,(H,22,23)(H,24,25). The highest BCUT2D eigenvalue weighted by molar-refractivity contribution is 6.02. The van der Waals surface area contributed by atoms with E-state index in [0.717, 1.165) is 73.5 Å². The van der Waals surface area contributed by atoms with Gasteiger partial charge in [-0.1, -0.05) is 12.1 Å². The first-order valence-corrected chi connectivity index (χ1v) is 9.87. The van der Waals surface area contributed by atoms with Gasteiger partial charge in [0.15, 0.2) is 0 Å². The van der Waals surface area contributed by atoms with Crippen molar-refractivity contribution in [3.05, 3.63) is 42.1 Å². The molecular weight excluding hydrogens is 354 g/mol. The summed E-state index contributed by atoms with van der Waals surface area (Å²) >= 11 is 0. The molecule has 1 amide bonds. The molecule has 0 bridgehead atoms. The summed E-state index contributed by atoms with van der Waals surface area (Å²) in [6.07, 6.45) is 4.80. The number of ether oxygens (including phenoxy) is 1. The van der Waals surface area contributed by atoms with Crippen LogP contribution >= 0.6 is 0 Å². The molecule has 3 aromatic rings. The molecule has 2 fully saturated rings. The minimum atomic E-state index is 0.0895. The van der Waals surface area contributed by atoms with Crippen LogP contribution in [0, 0.1) is 0 Å². The number of hydrogen-bond donors (Lipinski definition) is 2. The first kappa shape index (κ1) is 17.2. The molecule has 7 heteroatoms. The lowest BCUT2D eigenvalue weighted by atomic mass is 10.0. The van der Waals surface area contributed by atoms with Crippen LogP contribution in [-0.4, -0.2) is 58.3 Å². The highest BCUT2D eigenvalue weighted by Crippen LogP contribution is 2.32. The second-order valence-electron chi connectivity index (χ2n) is 7.41. The number of aromatic amines is 1. The van der Waals surface area contributed by atoms with E-state index in [9.17, 15) is 4.79 Å². The van der Waals surface area contributed by atoms with Crippen molar-refractivity contribution < 1.29 is 9.53 Å². The van der Waals surface area contributed by atoms with Crippen LogP contribution in [0.15, 0.2) is 36.5 Å². The molecule has 1 aromatic carbocycles. The number of pyridine rings is 1. The Morgan fingerprint density at radius 1 is 1.21 bits per heavy atom. The number of likely N-dealkylation sites (tertiary alicyclic amines) is 1. The molecule has 0 aliphatic carbocycles. The molecule has 2 aliphatic rings. The predicted octanol–water partition coefficient (Wildman–Crippen LogP) is 3.06. The zero-order valence-corrected chi connectivity index (χ0v) is 15.6. The van der Waals surface area contributed by atoms with E-state index >= 15 is 0 Å². The fraction of sp³-hybridized carbons (Fsp3) is 0.381. The fourth-order valence-corrected chi connectivity index (χ4v) is 3.82. The van der Waals surface area contributed by atoms with Crippen molar-refractivity contribution >= 4 is 22.6 Å². The van der Waals surface area contributed by atoms with Crippen molar-refractivity contribution in [3.63, 3.8) is 0 Å². The average molecular weight is 377 g/mol. The normalized spacial score (nSPS) is 17.5. The fourth-order valence-electron chi connectivity index (χ4n) is 3.82. The number of rotatable bonds is 4. The summed E-state index contributed by atoms with van der Waals surface area (Å²) < 4.78 is 5.46. The molecule has 0 atom stereocenters. The van der Waals surface area contributed by atoms with Gasteiger partial charge in [-0.25, -0.2) is 4.98 Å². The van der Waals surface area contributed by atoms with Gasteiger partial charge >= 0.3 is 0 Å². The summed E-state index contributed by atoms with van der Waals surface area (Å²) in [6, 6.07) is 9.99. The van der Waals surface area contributed by atoms with Gasteiger partial charge in [0.1, 0.15) is 11.5 Å². The van der Waals surface area contributed by atoms with Crippen LogP contribution in [0.2, 0.25) is 0 Å². The Hall–Kier alpha value is -2.93. The van der Waals surface area contributed by atoms with E-state index in [0.29, 0.717) is 11.6 Å². The van der Waals surface area contributed by atoms with Gasteiger partial charge in [-0.3, -0.25) is 9.89 Å². The van der Waals surface area contributed by atoms with Gasteiger partial charge in [-0.05, 0) is 37.5 Å². The minimum absolute atomic E-state index is 0.0895. The monoisotopic (exact) mass is 377 g/mol. The number of anilines is 1. The van der Waals surface area contributed by atoms with Gasteiger partial charge in [0, 0.05) is 49.7 Å². The van der Waals surface area contributed by atoms with Gasteiger partial charge < -0.3 is 15.0 Å². The second kappa shape index (κ2) is 7.24. The zero-order valence-electron chi connectivity index (χ0n) is 15.6. The number of carbonyl (C=O) groups is 1. The van der Waals surface area contributed by atoms with Crippen LogP contribution in [0.5, 0.6) is 0 Å². The van der Waals surface area contributed by atoms with E-state index in [2.05, 4.69) is 20.5 Å². The number of fused-ring (bicyclic) bond motifs is 1. The van der Waals surface area contributed by atoms with E-state index in [1.54, 1.807) is 6.20 Å². The van der Waals surface area contributed by atoms with Crippen molar-refractivity contribution in [3.8, 4) is 11.3 Å². The smallest absolute Gasteiger partial charge is 0.253 e. The molecule has 2 N–H and O–H groups in total. The number of nitrogens with zero attached hydrogens (tertiary/aromatic N) is 3. The van der Waals surface area contributed by atoms with Crippen LogP contribution in [0.4, 0.5) is 5.82 Å². The lowest BCUT2D eigenvalue weighted by Gasteiger charge is -2.31. The number of H-pyrrole nitrogens is 1. The summed E-state index contributed by atoms with van der Waals surface area (Å²) in [5.41, 5.74) is 3.37. The molecule has 5 rings (SSSR count). The summed E-state index contributed by atoms with van der Waals surface area (Å²) in [5.74, 6) is 0.916. The molecule has 2 saturated heterocycles. The molecule has 0 unspecified atom stereocenters. The lowest BCUT2D eigenvalue weighted by Crippen LogP contribution is -2.41. The largest absolute Gasteiger partial charge is 0.381 e. The second-order valence-corrected chi connectivity index (χ2v) is 7.41. The molecule has 144 valence electrons. The van der Waals surface area contributed by atoms with Crippen LogP contribution in [0.3, 0.4) is 0 Å². The van der Waals surface area contributed by atoms with Crippen LogP contribution in [0.25, 0.3) is 22.2 Å². The predicted molar refractivity (Wildman–Crippen MR) is 107 cm³/mol. The number of nitrogens with one attached hydrogen (secondary N) is 2. The topological polar surface area (TPSA) is 83.1 Å². The van der Waals surface area contributed by atoms with Crippen molar-refractivity contribution in [2.45, 2.75) is 25.3 Å². The summed E-state index contributed by atoms with van der Waals surface area (Å²) in [6.45, 7) is 3.23. The molecular formula is C21H23N5O2. The molecule has 28 heavy (non-hydrogen) atoms. The van der Waals surface area contributed by atoms with Crippen LogP contribution in [0.1, 0.15) is 29.6 Å². The average Bonchev–Trinajstić information content (AvgIpc) is 3.13. The van der Waals surface area contributed by atoms with Crippen molar-refractivity contribution in [1.29, 1.82) is 0 Å². The minimum Gasteiger partial charge on any atom is -0.381 e. The Kier molecular flexibility index (Phi) is 4.44. The summed E-state index contributed by atoms with van der Waals surface area (Å²) in [4.78, 5) is 19.1. The van der Waals surface area contributed by atoms with Crippen molar-refractivity contribution in [2.75, 3.05) is 31.6 Å². The maximum atomic E-state index is 12.6. The molecule has 7 nitrogen and oxygen atoms in total. The maximum Gasteiger partial charge on any atom is 0.253 e. The van der Waals surface area contributed by atoms with Crippen LogP contribution in [-0.2, 0) is 4.74 Å². The van der Waals surface area contributed by atoms with E-state index < -0.39 is 0 Å². The number of hydrogen-bond acceptors (Lipinski definition) is 5. The van der Waals surface area contributed by atoms with Gasteiger partial charge in [0.2, 0.25) is 0 Å². The van der Waals surface area contributed by atoms with Gasteiger partial charge in [-0.15, -0.1) is 0 Å². The first-order chi connectivity index (χ1) is 13.8. The Bertz CT molecular complexity index is 1000. The first-order valence-electron chi connectivity index (χ1n) is 9.87. The number of benzene rings is 1.